The monoisotopic (exact) mass is 301 g/mol. The molecule has 22 heavy (non-hydrogen) atoms. The molecule has 1 heterocycles. The fraction of sp³-hybridized carbons (Fsp3) is 0.412. The molecular formula is C17H23N3O2. The number of H-pyrrole nitrogens is 1. The van der Waals surface area contributed by atoms with E-state index in [1.807, 2.05) is 44.2 Å². The molecule has 0 aliphatic heterocycles. The van der Waals surface area contributed by atoms with E-state index in [9.17, 15) is 4.79 Å². The van der Waals surface area contributed by atoms with Gasteiger partial charge in [0.2, 0.25) is 5.95 Å². The van der Waals surface area contributed by atoms with Gasteiger partial charge in [0.1, 0.15) is 0 Å². The summed E-state index contributed by atoms with van der Waals surface area (Å²) in [6.45, 7) is 6.00. The SMILES string of the molecule is CCOCCCNc1nc(C)c(Cc2ccccc2)c(=O)[nH]1. The average Bonchev–Trinajstić information content (AvgIpc) is 2.52. The molecule has 2 N–H and O–H groups in total. The zero-order valence-electron chi connectivity index (χ0n) is 13.2. The summed E-state index contributed by atoms with van der Waals surface area (Å²) in [5.41, 5.74) is 2.50. The summed E-state index contributed by atoms with van der Waals surface area (Å²) >= 11 is 0. The van der Waals surface area contributed by atoms with Crippen LogP contribution in [0.25, 0.3) is 0 Å². The van der Waals surface area contributed by atoms with E-state index in [2.05, 4.69) is 15.3 Å². The van der Waals surface area contributed by atoms with Gasteiger partial charge >= 0.3 is 0 Å². The molecule has 0 bridgehead atoms. The van der Waals surface area contributed by atoms with Crippen LogP contribution in [0.3, 0.4) is 0 Å². The molecule has 2 aromatic rings. The number of rotatable bonds is 8. The summed E-state index contributed by atoms with van der Waals surface area (Å²) in [6, 6.07) is 9.94. The number of aromatic nitrogens is 2. The van der Waals surface area contributed by atoms with E-state index in [4.69, 9.17) is 4.74 Å². The first-order valence-corrected chi connectivity index (χ1v) is 7.66. The Morgan fingerprint density at radius 1 is 1.27 bits per heavy atom. The molecule has 0 unspecified atom stereocenters. The summed E-state index contributed by atoms with van der Waals surface area (Å²) in [5.74, 6) is 0.524. The van der Waals surface area contributed by atoms with E-state index in [0.29, 0.717) is 24.5 Å². The van der Waals surface area contributed by atoms with E-state index in [-0.39, 0.29) is 5.56 Å². The Balaban J connectivity index is 2.01. The van der Waals surface area contributed by atoms with Crippen molar-refractivity contribution in [2.45, 2.75) is 26.7 Å². The summed E-state index contributed by atoms with van der Waals surface area (Å²) in [5, 5.41) is 3.13. The van der Waals surface area contributed by atoms with Crippen LogP contribution in [0.15, 0.2) is 35.1 Å². The molecule has 1 aromatic carbocycles. The van der Waals surface area contributed by atoms with Crippen molar-refractivity contribution in [1.29, 1.82) is 0 Å². The van der Waals surface area contributed by atoms with Gasteiger partial charge in [0.05, 0.1) is 5.69 Å². The fourth-order valence-electron chi connectivity index (χ4n) is 2.23. The van der Waals surface area contributed by atoms with Crippen LogP contribution in [0.5, 0.6) is 0 Å². The number of ether oxygens (including phenoxy) is 1. The van der Waals surface area contributed by atoms with Crippen LogP contribution < -0.4 is 10.9 Å². The third-order valence-electron chi connectivity index (χ3n) is 3.41. The van der Waals surface area contributed by atoms with E-state index >= 15 is 0 Å². The Morgan fingerprint density at radius 3 is 2.73 bits per heavy atom. The highest BCUT2D eigenvalue weighted by Gasteiger charge is 2.08. The molecule has 0 saturated heterocycles. The molecule has 0 spiro atoms. The highest BCUT2D eigenvalue weighted by atomic mass is 16.5. The Labute approximate surface area is 130 Å². The maximum Gasteiger partial charge on any atom is 0.256 e. The van der Waals surface area contributed by atoms with Crippen molar-refractivity contribution in [2.75, 3.05) is 25.1 Å². The van der Waals surface area contributed by atoms with Gasteiger partial charge in [0.25, 0.3) is 5.56 Å². The van der Waals surface area contributed by atoms with E-state index in [0.717, 1.165) is 30.8 Å². The molecule has 0 amide bonds. The van der Waals surface area contributed by atoms with Crippen molar-refractivity contribution in [3.05, 3.63) is 57.5 Å². The summed E-state index contributed by atoms with van der Waals surface area (Å²) in [7, 11) is 0. The van der Waals surface area contributed by atoms with Gasteiger partial charge in [-0.1, -0.05) is 30.3 Å². The maximum atomic E-state index is 12.2. The molecule has 118 valence electrons. The molecular weight excluding hydrogens is 278 g/mol. The first-order valence-electron chi connectivity index (χ1n) is 7.66. The van der Waals surface area contributed by atoms with Crippen LogP contribution in [-0.2, 0) is 11.2 Å². The van der Waals surface area contributed by atoms with Gasteiger partial charge in [0.15, 0.2) is 0 Å². The third-order valence-corrected chi connectivity index (χ3v) is 3.41. The van der Waals surface area contributed by atoms with Crippen molar-refractivity contribution in [2.24, 2.45) is 0 Å². The second-order valence-corrected chi connectivity index (χ2v) is 5.12. The van der Waals surface area contributed by atoms with Gasteiger partial charge in [0, 0.05) is 31.7 Å². The van der Waals surface area contributed by atoms with Crippen LogP contribution in [0.4, 0.5) is 5.95 Å². The van der Waals surface area contributed by atoms with Gasteiger partial charge in [-0.2, -0.15) is 0 Å². The molecule has 5 heteroatoms. The van der Waals surface area contributed by atoms with Gasteiger partial charge < -0.3 is 10.1 Å². The number of aryl methyl sites for hydroxylation is 1. The number of benzene rings is 1. The minimum atomic E-state index is -0.0799. The van der Waals surface area contributed by atoms with Crippen molar-refractivity contribution in [3.8, 4) is 0 Å². The Morgan fingerprint density at radius 2 is 2.05 bits per heavy atom. The molecule has 0 atom stereocenters. The molecule has 5 nitrogen and oxygen atoms in total. The normalized spacial score (nSPS) is 10.6. The highest BCUT2D eigenvalue weighted by molar-refractivity contribution is 5.32. The third kappa shape index (κ3) is 4.70. The number of hydrogen-bond donors (Lipinski definition) is 2. The fourth-order valence-corrected chi connectivity index (χ4v) is 2.23. The predicted octanol–water partition coefficient (Wildman–Crippen LogP) is 2.51. The van der Waals surface area contributed by atoms with Crippen molar-refractivity contribution in [3.63, 3.8) is 0 Å². The molecule has 0 aliphatic rings. The maximum absolute atomic E-state index is 12.2. The zero-order valence-corrected chi connectivity index (χ0v) is 13.2. The molecule has 2 rings (SSSR count). The summed E-state index contributed by atoms with van der Waals surface area (Å²) < 4.78 is 5.27. The molecule has 1 aromatic heterocycles. The van der Waals surface area contributed by atoms with Crippen LogP contribution >= 0.6 is 0 Å². The number of hydrogen-bond acceptors (Lipinski definition) is 4. The second-order valence-electron chi connectivity index (χ2n) is 5.12. The first-order chi connectivity index (χ1) is 10.7. The van der Waals surface area contributed by atoms with Crippen LogP contribution in [0.2, 0.25) is 0 Å². The zero-order chi connectivity index (χ0) is 15.8. The first kappa shape index (κ1) is 16.2. The van der Waals surface area contributed by atoms with E-state index in [1.165, 1.54) is 0 Å². The van der Waals surface area contributed by atoms with E-state index in [1.54, 1.807) is 0 Å². The second kappa shape index (κ2) is 8.34. The lowest BCUT2D eigenvalue weighted by Crippen LogP contribution is -2.20. The van der Waals surface area contributed by atoms with Crippen LogP contribution in [0, 0.1) is 6.92 Å². The Bertz CT molecular complexity index is 638. The molecule has 0 fully saturated rings. The van der Waals surface area contributed by atoms with Gasteiger partial charge in [-0.3, -0.25) is 9.78 Å². The number of aromatic amines is 1. The minimum absolute atomic E-state index is 0.0799. The largest absolute Gasteiger partial charge is 0.382 e. The molecule has 0 saturated carbocycles. The standard InChI is InChI=1S/C17H23N3O2/c1-3-22-11-7-10-18-17-19-13(2)15(16(21)20-17)12-14-8-5-4-6-9-14/h4-6,8-9H,3,7,10-12H2,1-2H3,(H2,18,19,20,21). The minimum Gasteiger partial charge on any atom is -0.382 e. The molecule has 0 radical (unpaired) electrons. The lowest BCUT2D eigenvalue weighted by atomic mass is 10.1. The smallest absolute Gasteiger partial charge is 0.256 e. The summed E-state index contributed by atoms with van der Waals surface area (Å²) in [4.78, 5) is 19.5. The number of nitrogens with one attached hydrogen (secondary N) is 2. The highest BCUT2D eigenvalue weighted by Crippen LogP contribution is 2.09. The number of nitrogens with zero attached hydrogens (tertiary/aromatic N) is 1. The van der Waals surface area contributed by atoms with Crippen molar-refractivity contribution >= 4 is 5.95 Å². The Kier molecular flexibility index (Phi) is 6.15. The van der Waals surface area contributed by atoms with Crippen molar-refractivity contribution in [1.82, 2.24) is 9.97 Å². The topological polar surface area (TPSA) is 67.0 Å². The van der Waals surface area contributed by atoms with Gasteiger partial charge in [-0.05, 0) is 25.8 Å². The van der Waals surface area contributed by atoms with Crippen LogP contribution in [0.1, 0.15) is 30.2 Å². The molecule has 0 aliphatic carbocycles. The lowest BCUT2D eigenvalue weighted by Gasteiger charge is -2.09. The van der Waals surface area contributed by atoms with Gasteiger partial charge in [-0.25, -0.2) is 4.98 Å². The summed E-state index contributed by atoms with van der Waals surface area (Å²) in [6.07, 6.45) is 1.47. The predicted molar refractivity (Wildman–Crippen MR) is 88.4 cm³/mol. The van der Waals surface area contributed by atoms with Crippen LogP contribution in [-0.4, -0.2) is 29.7 Å². The van der Waals surface area contributed by atoms with E-state index < -0.39 is 0 Å². The van der Waals surface area contributed by atoms with Crippen molar-refractivity contribution < 1.29 is 4.74 Å². The lowest BCUT2D eigenvalue weighted by molar-refractivity contribution is 0.147. The van der Waals surface area contributed by atoms with Gasteiger partial charge in [-0.15, -0.1) is 0 Å². The Hall–Kier alpha value is -2.14. The average molecular weight is 301 g/mol. The quantitative estimate of drug-likeness (QED) is 0.735. The number of anilines is 1.